The largest absolute Gasteiger partial charge is 0.456 e. The lowest BCUT2D eigenvalue weighted by Gasteiger charge is -2.09. The minimum absolute atomic E-state index is 0.927. The number of aromatic amines is 1. The summed E-state index contributed by atoms with van der Waals surface area (Å²) in [5.74, 6) is 0. The van der Waals surface area contributed by atoms with Crippen LogP contribution in [0.2, 0.25) is 0 Å². The molecule has 0 unspecified atom stereocenters. The fourth-order valence-corrected chi connectivity index (χ4v) is 7.51. The summed E-state index contributed by atoms with van der Waals surface area (Å²) < 4.78 is 12.2. The molecule has 0 spiro atoms. The fourth-order valence-electron chi connectivity index (χ4n) is 7.51. The summed E-state index contributed by atoms with van der Waals surface area (Å²) >= 11 is 0. The molecule has 11 aromatic rings. The van der Waals surface area contributed by atoms with E-state index in [4.69, 9.17) is 8.83 Å². The third kappa shape index (κ3) is 4.98. The van der Waals surface area contributed by atoms with Gasteiger partial charge in [-0.15, -0.1) is 0 Å². The number of hydrogen-bond donors (Lipinski definition) is 1. The first-order chi connectivity index (χ1) is 25.3. The molecule has 1 N–H and O–H groups in total. The van der Waals surface area contributed by atoms with Crippen molar-refractivity contribution < 1.29 is 8.83 Å². The Balaban J connectivity index is 0.000000140. The molecule has 0 radical (unpaired) electrons. The Labute approximate surface area is 294 Å². The molecule has 0 atom stereocenters. The molecule has 3 heteroatoms. The second-order valence-electron chi connectivity index (χ2n) is 12.9. The molecule has 3 aromatic heterocycles. The van der Waals surface area contributed by atoms with Gasteiger partial charge >= 0.3 is 0 Å². The molecule has 3 nitrogen and oxygen atoms in total. The smallest absolute Gasteiger partial charge is 0.143 e. The quantitative estimate of drug-likeness (QED) is 0.206. The Hall–Kier alpha value is -6.84. The average Bonchev–Trinajstić information content (AvgIpc) is 3.90. The fraction of sp³-hybridized carbons (Fsp3) is 0. The number of furan rings is 2. The summed E-state index contributed by atoms with van der Waals surface area (Å²) in [5.41, 5.74) is 13.2. The minimum atomic E-state index is 0.927. The Morgan fingerprint density at radius 3 is 1.69 bits per heavy atom. The minimum Gasteiger partial charge on any atom is -0.456 e. The van der Waals surface area contributed by atoms with E-state index in [1.54, 1.807) is 0 Å². The van der Waals surface area contributed by atoms with Gasteiger partial charge < -0.3 is 13.8 Å². The lowest BCUT2D eigenvalue weighted by Crippen LogP contribution is -1.84. The molecule has 11 rings (SSSR count). The van der Waals surface area contributed by atoms with E-state index < -0.39 is 0 Å². The lowest BCUT2D eigenvalue weighted by atomic mass is 9.95. The van der Waals surface area contributed by atoms with E-state index in [0.29, 0.717) is 0 Å². The van der Waals surface area contributed by atoms with Gasteiger partial charge in [0.15, 0.2) is 0 Å². The molecule has 8 aromatic carbocycles. The van der Waals surface area contributed by atoms with Gasteiger partial charge in [0.25, 0.3) is 0 Å². The van der Waals surface area contributed by atoms with Crippen molar-refractivity contribution in [1.82, 2.24) is 4.98 Å². The molecule has 0 amide bonds. The summed E-state index contributed by atoms with van der Waals surface area (Å²) in [7, 11) is 0. The SMILES string of the molecule is c1ccc(-c2cccc(-c3cccc(-c4cccc5c4oc4ccccc45)c3)c2)cc1.c1ccc2c(c1)[nH]c1ccc3oc4ccccc4c3c12. The monoisotopic (exact) mass is 653 g/mol. The van der Waals surface area contributed by atoms with Crippen molar-refractivity contribution in [2.24, 2.45) is 0 Å². The zero-order chi connectivity index (χ0) is 33.7. The number of fused-ring (bicyclic) bond motifs is 10. The van der Waals surface area contributed by atoms with Gasteiger partial charge in [-0.25, -0.2) is 0 Å². The Bertz CT molecular complexity index is 2940. The molecule has 0 aliphatic heterocycles. The topological polar surface area (TPSA) is 42.1 Å². The third-order valence-electron chi connectivity index (χ3n) is 9.89. The summed E-state index contributed by atoms with van der Waals surface area (Å²) in [5, 5.41) is 7.20. The van der Waals surface area contributed by atoms with Crippen LogP contribution >= 0.6 is 0 Å². The Kier molecular flexibility index (Phi) is 6.81. The van der Waals surface area contributed by atoms with E-state index in [-0.39, 0.29) is 0 Å². The maximum atomic E-state index is 6.26. The van der Waals surface area contributed by atoms with Crippen molar-refractivity contribution in [3.8, 4) is 33.4 Å². The lowest BCUT2D eigenvalue weighted by molar-refractivity contribution is 0.669. The molecule has 0 saturated heterocycles. The number of nitrogens with one attached hydrogen (secondary N) is 1. The van der Waals surface area contributed by atoms with E-state index in [0.717, 1.165) is 49.7 Å². The van der Waals surface area contributed by atoms with E-state index in [1.807, 2.05) is 30.3 Å². The number of hydrogen-bond acceptors (Lipinski definition) is 2. The predicted molar refractivity (Wildman–Crippen MR) is 213 cm³/mol. The van der Waals surface area contributed by atoms with Crippen LogP contribution < -0.4 is 0 Å². The Morgan fingerprint density at radius 2 is 0.882 bits per heavy atom. The van der Waals surface area contributed by atoms with Crippen molar-refractivity contribution in [2.45, 2.75) is 0 Å². The van der Waals surface area contributed by atoms with Gasteiger partial charge in [0, 0.05) is 48.9 Å². The van der Waals surface area contributed by atoms with Crippen LogP contribution in [0.5, 0.6) is 0 Å². The van der Waals surface area contributed by atoms with Crippen molar-refractivity contribution in [3.05, 3.63) is 182 Å². The van der Waals surface area contributed by atoms with Gasteiger partial charge in [-0.2, -0.15) is 0 Å². The van der Waals surface area contributed by atoms with Crippen LogP contribution in [0.1, 0.15) is 0 Å². The van der Waals surface area contributed by atoms with E-state index >= 15 is 0 Å². The number of para-hydroxylation sites is 4. The average molecular weight is 654 g/mol. The van der Waals surface area contributed by atoms with Gasteiger partial charge in [0.2, 0.25) is 0 Å². The predicted octanol–water partition coefficient (Wildman–Crippen LogP) is 13.8. The zero-order valence-corrected chi connectivity index (χ0v) is 27.6. The number of aromatic nitrogens is 1. The zero-order valence-electron chi connectivity index (χ0n) is 27.6. The molecule has 240 valence electrons. The number of H-pyrrole nitrogens is 1. The van der Waals surface area contributed by atoms with E-state index in [1.165, 1.54) is 49.3 Å². The second kappa shape index (κ2) is 11.9. The van der Waals surface area contributed by atoms with Crippen molar-refractivity contribution in [1.29, 1.82) is 0 Å². The third-order valence-corrected chi connectivity index (χ3v) is 9.89. The maximum absolute atomic E-state index is 6.26. The van der Waals surface area contributed by atoms with Crippen LogP contribution in [0.3, 0.4) is 0 Å². The first-order valence-electron chi connectivity index (χ1n) is 17.3. The molecule has 0 saturated carbocycles. The van der Waals surface area contributed by atoms with E-state index in [2.05, 4.69) is 157 Å². The number of benzene rings is 8. The molecular formula is C48H31NO2. The standard InChI is InChI=1S/C30H20O.C18H11NO/c1-2-9-21(10-3-1)22-11-6-12-23(19-22)24-13-7-14-25(20-24)26-16-8-17-28-27-15-4-5-18-29(27)31-30(26)28;1-3-7-13-11(5-1)17-14(19-13)9-10-16-18(17)12-6-2-4-8-15(12)20-16/h1-20H;1-10,19H. The highest BCUT2D eigenvalue weighted by Crippen LogP contribution is 2.39. The van der Waals surface area contributed by atoms with Gasteiger partial charge in [-0.3, -0.25) is 0 Å². The van der Waals surface area contributed by atoms with Crippen LogP contribution in [0.4, 0.5) is 0 Å². The van der Waals surface area contributed by atoms with E-state index in [9.17, 15) is 0 Å². The van der Waals surface area contributed by atoms with Crippen molar-refractivity contribution in [3.63, 3.8) is 0 Å². The summed E-state index contributed by atoms with van der Waals surface area (Å²) in [4.78, 5) is 3.48. The molecule has 0 aliphatic carbocycles. The molecule has 0 fully saturated rings. The number of rotatable bonds is 3. The summed E-state index contributed by atoms with van der Waals surface area (Å²) in [6.45, 7) is 0. The highest BCUT2D eigenvalue weighted by atomic mass is 16.3. The Morgan fingerprint density at radius 1 is 0.314 bits per heavy atom. The van der Waals surface area contributed by atoms with Crippen LogP contribution in [-0.4, -0.2) is 4.98 Å². The van der Waals surface area contributed by atoms with Crippen molar-refractivity contribution in [2.75, 3.05) is 0 Å². The van der Waals surface area contributed by atoms with Crippen LogP contribution in [0, 0.1) is 0 Å². The van der Waals surface area contributed by atoms with Gasteiger partial charge in [-0.05, 0) is 70.3 Å². The van der Waals surface area contributed by atoms with Crippen LogP contribution in [0.25, 0.3) is 99.1 Å². The first-order valence-corrected chi connectivity index (χ1v) is 17.3. The van der Waals surface area contributed by atoms with Crippen LogP contribution in [-0.2, 0) is 0 Å². The second-order valence-corrected chi connectivity index (χ2v) is 12.9. The highest BCUT2D eigenvalue weighted by molar-refractivity contribution is 6.26. The molecular weight excluding hydrogens is 623 g/mol. The summed E-state index contributed by atoms with van der Waals surface area (Å²) in [6, 6.07) is 63.4. The molecule has 3 heterocycles. The van der Waals surface area contributed by atoms with Gasteiger partial charge in [0.05, 0.1) is 0 Å². The van der Waals surface area contributed by atoms with Gasteiger partial charge in [-0.1, -0.05) is 140 Å². The molecule has 51 heavy (non-hydrogen) atoms. The van der Waals surface area contributed by atoms with Crippen molar-refractivity contribution >= 4 is 65.7 Å². The first kappa shape index (κ1) is 29.1. The highest BCUT2D eigenvalue weighted by Gasteiger charge is 2.14. The molecule has 0 aliphatic rings. The maximum Gasteiger partial charge on any atom is 0.143 e. The van der Waals surface area contributed by atoms with Crippen LogP contribution in [0.15, 0.2) is 191 Å². The normalized spacial score (nSPS) is 11.5. The summed E-state index contributed by atoms with van der Waals surface area (Å²) in [6.07, 6.45) is 0. The van der Waals surface area contributed by atoms with Gasteiger partial charge in [0.1, 0.15) is 22.3 Å². The molecule has 0 bridgehead atoms.